The maximum absolute atomic E-state index is 11.5. The monoisotopic (exact) mass is 219 g/mol. The Bertz CT molecular complexity index is 525. The lowest BCUT2D eigenvalue weighted by molar-refractivity contribution is 0.340. The predicted molar refractivity (Wildman–Crippen MR) is 62.0 cm³/mol. The highest BCUT2D eigenvalue weighted by molar-refractivity contribution is 5.38. The van der Waals surface area contributed by atoms with E-state index in [2.05, 4.69) is 5.10 Å². The SMILES string of the molecule is CCOc1ccc(-n2[nH]c(N)cc2=O)cc1. The Morgan fingerprint density at radius 1 is 1.38 bits per heavy atom. The summed E-state index contributed by atoms with van der Waals surface area (Å²) >= 11 is 0. The van der Waals surface area contributed by atoms with Gasteiger partial charge in [0.2, 0.25) is 0 Å². The standard InChI is InChI=1S/C11H13N3O2/c1-2-16-9-5-3-8(4-6-9)14-11(15)7-10(12)13-14/h3-7,13H,2,12H2,1H3. The molecule has 1 aromatic carbocycles. The number of ether oxygens (including phenoxy) is 1. The third-order valence-electron chi connectivity index (χ3n) is 2.15. The third-order valence-corrected chi connectivity index (χ3v) is 2.15. The van der Waals surface area contributed by atoms with Gasteiger partial charge in [-0.1, -0.05) is 0 Å². The number of hydrogen-bond acceptors (Lipinski definition) is 3. The molecule has 0 atom stereocenters. The molecule has 0 saturated heterocycles. The number of aromatic amines is 1. The molecule has 0 spiro atoms. The van der Waals surface area contributed by atoms with Crippen LogP contribution < -0.4 is 16.0 Å². The van der Waals surface area contributed by atoms with Gasteiger partial charge >= 0.3 is 0 Å². The van der Waals surface area contributed by atoms with Crippen LogP contribution in [0.3, 0.4) is 0 Å². The van der Waals surface area contributed by atoms with Crippen molar-refractivity contribution in [2.75, 3.05) is 12.3 Å². The summed E-state index contributed by atoms with van der Waals surface area (Å²) in [5, 5.41) is 2.75. The van der Waals surface area contributed by atoms with Crippen molar-refractivity contribution in [3.05, 3.63) is 40.7 Å². The number of nitrogens with two attached hydrogens (primary N) is 1. The molecule has 0 saturated carbocycles. The topological polar surface area (TPSA) is 73.0 Å². The molecule has 0 unspecified atom stereocenters. The van der Waals surface area contributed by atoms with Gasteiger partial charge in [-0.2, -0.15) is 0 Å². The molecule has 2 aromatic rings. The molecule has 16 heavy (non-hydrogen) atoms. The van der Waals surface area contributed by atoms with Crippen LogP contribution in [0.2, 0.25) is 0 Å². The zero-order valence-corrected chi connectivity index (χ0v) is 8.93. The van der Waals surface area contributed by atoms with Crippen LogP contribution in [-0.4, -0.2) is 16.4 Å². The zero-order chi connectivity index (χ0) is 11.5. The average molecular weight is 219 g/mol. The van der Waals surface area contributed by atoms with E-state index in [0.29, 0.717) is 12.4 Å². The number of rotatable bonds is 3. The van der Waals surface area contributed by atoms with Gasteiger partial charge in [0.25, 0.3) is 5.56 Å². The van der Waals surface area contributed by atoms with Crippen LogP contribution in [0.4, 0.5) is 5.82 Å². The quantitative estimate of drug-likeness (QED) is 0.813. The van der Waals surface area contributed by atoms with Crippen molar-refractivity contribution in [3.8, 4) is 11.4 Å². The summed E-state index contributed by atoms with van der Waals surface area (Å²) < 4.78 is 6.69. The van der Waals surface area contributed by atoms with Crippen molar-refractivity contribution in [1.29, 1.82) is 0 Å². The lowest BCUT2D eigenvalue weighted by Gasteiger charge is -2.04. The Labute approximate surface area is 92.4 Å². The van der Waals surface area contributed by atoms with Crippen molar-refractivity contribution in [2.45, 2.75) is 6.92 Å². The number of H-pyrrole nitrogens is 1. The van der Waals surface area contributed by atoms with E-state index in [1.165, 1.54) is 10.7 Å². The van der Waals surface area contributed by atoms with Crippen LogP contribution in [0.5, 0.6) is 5.75 Å². The molecule has 3 N–H and O–H groups in total. The summed E-state index contributed by atoms with van der Waals surface area (Å²) in [4.78, 5) is 11.5. The number of benzene rings is 1. The summed E-state index contributed by atoms with van der Waals surface area (Å²) in [6.07, 6.45) is 0. The van der Waals surface area contributed by atoms with Crippen molar-refractivity contribution in [1.82, 2.24) is 9.78 Å². The van der Waals surface area contributed by atoms with Crippen molar-refractivity contribution < 1.29 is 4.74 Å². The van der Waals surface area contributed by atoms with Gasteiger partial charge in [-0.05, 0) is 31.2 Å². The van der Waals surface area contributed by atoms with Crippen LogP contribution >= 0.6 is 0 Å². The van der Waals surface area contributed by atoms with E-state index in [9.17, 15) is 4.79 Å². The summed E-state index contributed by atoms with van der Waals surface area (Å²) in [6, 6.07) is 8.55. The number of nitrogens with one attached hydrogen (secondary N) is 1. The second-order valence-electron chi connectivity index (χ2n) is 3.31. The molecular weight excluding hydrogens is 206 g/mol. The Kier molecular flexibility index (Phi) is 2.68. The summed E-state index contributed by atoms with van der Waals surface area (Å²) in [7, 11) is 0. The van der Waals surface area contributed by atoms with E-state index in [0.717, 1.165) is 11.4 Å². The minimum absolute atomic E-state index is 0.179. The first kappa shape index (κ1) is 10.4. The van der Waals surface area contributed by atoms with Gasteiger partial charge in [0, 0.05) is 6.07 Å². The van der Waals surface area contributed by atoms with E-state index in [4.69, 9.17) is 10.5 Å². The van der Waals surface area contributed by atoms with Crippen LogP contribution in [0, 0.1) is 0 Å². The summed E-state index contributed by atoms with van der Waals surface area (Å²) in [6.45, 7) is 2.54. The largest absolute Gasteiger partial charge is 0.494 e. The zero-order valence-electron chi connectivity index (χ0n) is 8.93. The van der Waals surface area contributed by atoms with Crippen LogP contribution in [0.25, 0.3) is 5.69 Å². The van der Waals surface area contributed by atoms with Gasteiger partial charge < -0.3 is 10.5 Å². The Morgan fingerprint density at radius 3 is 2.56 bits per heavy atom. The Balaban J connectivity index is 2.34. The minimum Gasteiger partial charge on any atom is -0.494 e. The Morgan fingerprint density at radius 2 is 2.06 bits per heavy atom. The van der Waals surface area contributed by atoms with E-state index in [-0.39, 0.29) is 5.56 Å². The van der Waals surface area contributed by atoms with Gasteiger partial charge in [-0.15, -0.1) is 0 Å². The number of anilines is 1. The van der Waals surface area contributed by atoms with Crippen molar-refractivity contribution in [3.63, 3.8) is 0 Å². The normalized spacial score (nSPS) is 10.3. The summed E-state index contributed by atoms with van der Waals surface area (Å²) in [5.41, 5.74) is 6.04. The van der Waals surface area contributed by atoms with Gasteiger partial charge in [-0.3, -0.25) is 9.89 Å². The minimum atomic E-state index is -0.179. The maximum Gasteiger partial charge on any atom is 0.273 e. The maximum atomic E-state index is 11.5. The van der Waals surface area contributed by atoms with Crippen molar-refractivity contribution >= 4 is 5.82 Å². The van der Waals surface area contributed by atoms with Gasteiger partial charge in [-0.25, -0.2) is 4.68 Å². The number of hydrogen-bond donors (Lipinski definition) is 2. The molecular formula is C11H13N3O2. The van der Waals surface area contributed by atoms with E-state index < -0.39 is 0 Å². The first-order chi connectivity index (χ1) is 7.70. The lowest BCUT2D eigenvalue weighted by Crippen LogP contribution is -2.13. The van der Waals surface area contributed by atoms with Crippen LogP contribution in [-0.2, 0) is 0 Å². The van der Waals surface area contributed by atoms with Crippen LogP contribution in [0.15, 0.2) is 35.1 Å². The molecule has 1 heterocycles. The molecule has 5 heteroatoms. The Hall–Kier alpha value is -2.17. The highest BCUT2D eigenvalue weighted by Crippen LogP contribution is 2.13. The van der Waals surface area contributed by atoms with Gasteiger partial charge in [0.1, 0.15) is 11.6 Å². The first-order valence-electron chi connectivity index (χ1n) is 5.01. The number of nitrogens with zero attached hydrogens (tertiary/aromatic N) is 1. The fraction of sp³-hybridized carbons (Fsp3) is 0.182. The van der Waals surface area contributed by atoms with E-state index >= 15 is 0 Å². The van der Waals surface area contributed by atoms with E-state index in [1.54, 1.807) is 12.1 Å². The lowest BCUT2D eigenvalue weighted by atomic mass is 10.3. The molecule has 0 radical (unpaired) electrons. The molecule has 84 valence electrons. The van der Waals surface area contributed by atoms with E-state index in [1.807, 2.05) is 19.1 Å². The highest BCUT2D eigenvalue weighted by atomic mass is 16.5. The summed E-state index contributed by atoms with van der Waals surface area (Å²) in [5.74, 6) is 1.12. The van der Waals surface area contributed by atoms with Crippen molar-refractivity contribution in [2.24, 2.45) is 0 Å². The molecule has 0 aliphatic carbocycles. The number of nitrogen functional groups attached to an aromatic ring is 1. The first-order valence-corrected chi connectivity index (χ1v) is 5.01. The second kappa shape index (κ2) is 4.14. The molecule has 2 rings (SSSR count). The smallest absolute Gasteiger partial charge is 0.273 e. The van der Waals surface area contributed by atoms with Gasteiger partial charge in [0.15, 0.2) is 0 Å². The van der Waals surface area contributed by atoms with Gasteiger partial charge in [0.05, 0.1) is 12.3 Å². The molecule has 0 aliphatic rings. The fourth-order valence-electron chi connectivity index (χ4n) is 1.46. The molecule has 0 fully saturated rings. The van der Waals surface area contributed by atoms with Crippen LogP contribution in [0.1, 0.15) is 6.92 Å². The highest BCUT2D eigenvalue weighted by Gasteiger charge is 2.02. The molecule has 0 aliphatic heterocycles. The number of aromatic nitrogens is 2. The molecule has 0 bridgehead atoms. The molecule has 1 aromatic heterocycles. The molecule has 0 amide bonds. The third kappa shape index (κ3) is 1.93. The molecule has 5 nitrogen and oxygen atoms in total. The second-order valence-corrected chi connectivity index (χ2v) is 3.31. The average Bonchev–Trinajstić information content (AvgIpc) is 2.59. The predicted octanol–water partition coefficient (Wildman–Crippen LogP) is 1.15. The fourth-order valence-corrected chi connectivity index (χ4v) is 1.46.